The second kappa shape index (κ2) is 5.93. The number of aryl methyl sites for hydroxylation is 1. The summed E-state index contributed by atoms with van der Waals surface area (Å²) >= 11 is -1.23. The first-order valence-electron chi connectivity index (χ1n) is 5.65. The van der Waals surface area contributed by atoms with Crippen LogP contribution in [0.15, 0.2) is 34.7 Å². The van der Waals surface area contributed by atoms with Crippen molar-refractivity contribution < 1.29 is 12.8 Å². The van der Waals surface area contributed by atoms with Gasteiger partial charge in [0, 0.05) is 18.2 Å². The maximum absolute atomic E-state index is 10.8. The first-order chi connectivity index (χ1) is 8.66. The Bertz CT molecular complexity index is 536. The van der Waals surface area contributed by atoms with Crippen LogP contribution >= 0.6 is 0 Å². The largest absolute Gasteiger partial charge is 0.441 e. The van der Waals surface area contributed by atoms with E-state index in [1.165, 1.54) is 6.26 Å². The summed E-state index contributed by atoms with van der Waals surface area (Å²) in [6.45, 7) is 2.25. The molecule has 2 aromatic rings. The Morgan fingerprint density at radius 3 is 2.72 bits per heavy atom. The summed E-state index contributed by atoms with van der Waals surface area (Å²) in [5.74, 6) is 1.39. The van der Waals surface area contributed by atoms with E-state index in [1.54, 1.807) is 0 Å². The van der Waals surface area contributed by atoms with Crippen LogP contribution in [0.3, 0.4) is 0 Å². The van der Waals surface area contributed by atoms with Gasteiger partial charge in [0.2, 0.25) is 5.89 Å². The first kappa shape index (κ1) is 13.0. The average Bonchev–Trinajstić information content (AvgIpc) is 2.72. The molecule has 1 aromatic carbocycles. The van der Waals surface area contributed by atoms with Crippen molar-refractivity contribution in [2.75, 3.05) is 12.9 Å². The normalized spacial score (nSPS) is 12.6. The minimum absolute atomic E-state index is 0.380. The van der Waals surface area contributed by atoms with Crippen LogP contribution < -0.4 is 0 Å². The van der Waals surface area contributed by atoms with E-state index >= 15 is 0 Å². The second-order valence-electron chi connectivity index (χ2n) is 3.86. The van der Waals surface area contributed by atoms with Crippen LogP contribution in [0.1, 0.15) is 11.5 Å². The molecule has 0 aliphatic heterocycles. The average molecular weight is 265 g/mol. The number of rotatable bonds is 5. The van der Waals surface area contributed by atoms with Gasteiger partial charge in [-0.2, -0.15) is 0 Å². The van der Waals surface area contributed by atoms with E-state index in [4.69, 9.17) is 8.60 Å². The second-order valence-corrected chi connectivity index (χ2v) is 4.90. The highest BCUT2D eigenvalue weighted by atomic mass is 32.2. The summed E-state index contributed by atoms with van der Waals surface area (Å²) in [5.41, 5.74) is 1.80. The van der Waals surface area contributed by atoms with Crippen LogP contribution in [-0.2, 0) is 21.7 Å². The molecule has 0 aliphatic rings. The molecule has 1 aromatic heterocycles. The molecule has 0 saturated carbocycles. The maximum atomic E-state index is 10.8. The van der Waals surface area contributed by atoms with Gasteiger partial charge in [-0.05, 0) is 19.1 Å². The van der Waals surface area contributed by atoms with Gasteiger partial charge in [-0.3, -0.25) is 4.18 Å². The molecule has 0 aliphatic carbocycles. The highest BCUT2D eigenvalue weighted by Gasteiger charge is 2.11. The fourth-order valence-corrected chi connectivity index (χ4v) is 1.94. The van der Waals surface area contributed by atoms with E-state index in [0.717, 1.165) is 17.0 Å². The molecule has 0 N–H and O–H groups in total. The molecule has 0 saturated heterocycles. The Morgan fingerprint density at radius 1 is 1.33 bits per heavy atom. The number of hydrogen-bond acceptors (Lipinski definition) is 4. The van der Waals surface area contributed by atoms with Crippen molar-refractivity contribution in [1.29, 1.82) is 0 Å². The summed E-state index contributed by atoms with van der Waals surface area (Å²) in [7, 11) is 0. The molecular weight excluding hydrogens is 250 g/mol. The first-order valence-corrected chi connectivity index (χ1v) is 7.13. The SMILES string of the molecule is Cc1oc(-c2ccccc2)nc1CCOS(C)=O. The molecule has 1 atom stereocenters. The van der Waals surface area contributed by atoms with Crippen LogP contribution in [0, 0.1) is 6.92 Å². The minimum Gasteiger partial charge on any atom is -0.441 e. The maximum Gasteiger partial charge on any atom is 0.226 e. The highest BCUT2D eigenvalue weighted by Crippen LogP contribution is 2.21. The Labute approximate surface area is 109 Å². The standard InChI is InChI=1S/C13H15NO3S/c1-10-12(8-9-16-18(2)15)14-13(17-10)11-6-4-3-5-7-11/h3-7H,8-9H2,1-2H3. The summed E-state index contributed by atoms with van der Waals surface area (Å²) in [5, 5.41) is 0. The van der Waals surface area contributed by atoms with Crippen molar-refractivity contribution in [1.82, 2.24) is 4.98 Å². The topological polar surface area (TPSA) is 52.3 Å². The minimum atomic E-state index is -1.23. The number of oxazole rings is 1. The summed E-state index contributed by atoms with van der Waals surface area (Å²) in [6, 6.07) is 9.74. The van der Waals surface area contributed by atoms with Crippen LogP contribution in [0.5, 0.6) is 0 Å². The van der Waals surface area contributed by atoms with Crippen molar-refractivity contribution in [2.45, 2.75) is 13.3 Å². The van der Waals surface area contributed by atoms with Crippen molar-refractivity contribution in [3.63, 3.8) is 0 Å². The molecule has 18 heavy (non-hydrogen) atoms. The summed E-state index contributed by atoms with van der Waals surface area (Å²) in [6.07, 6.45) is 2.10. The van der Waals surface area contributed by atoms with Gasteiger partial charge >= 0.3 is 0 Å². The number of hydrogen-bond donors (Lipinski definition) is 0. The van der Waals surface area contributed by atoms with E-state index in [2.05, 4.69) is 4.98 Å². The van der Waals surface area contributed by atoms with Crippen LogP contribution in [0.25, 0.3) is 11.5 Å². The Morgan fingerprint density at radius 2 is 2.06 bits per heavy atom. The highest BCUT2D eigenvalue weighted by molar-refractivity contribution is 7.79. The molecule has 0 radical (unpaired) electrons. The molecule has 4 nitrogen and oxygen atoms in total. The smallest absolute Gasteiger partial charge is 0.226 e. The summed E-state index contributed by atoms with van der Waals surface area (Å²) in [4.78, 5) is 4.43. The zero-order chi connectivity index (χ0) is 13.0. The van der Waals surface area contributed by atoms with E-state index < -0.39 is 11.1 Å². The number of aromatic nitrogens is 1. The lowest BCUT2D eigenvalue weighted by atomic mass is 10.2. The lowest BCUT2D eigenvalue weighted by molar-refractivity contribution is 0.352. The van der Waals surface area contributed by atoms with Gasteiger partial charge < -0.3 is 4.42 Å². The molecule has 0 fully saturated rings. The van der Waals surface area contributed by atoms with Crippen LogP contribution in [0.2, 0.25) is 0 Å². The van der Waals surface area contributed by atoms with Crippen LogP contribution in [0.4, 0.5) is 0 Å². The third kappa shape index (κ3) is 3.27. The van der Waals surface area contributed by atoms with Gasteiger partial charge in [0.05, 0.1) is 12.3 Å². The quantitative estimate of drug-likeness (QED) is 0.833. The van der Waals surface area contributed by atoms with Gasteiger partial charge in [-0.15, -0.1) is 0 Å². The molecule has 0 spiro atoms. The van der Waals surface area contributed by atoms with Crippen LogP contribution in [-0.4, -0.2) is 22.1 Å². The van der Waals surface area contributed by atoms with Gasteiger partial charge in [-0.25, -0.2) is 9.19 Å². The molecule has 1 heterocycles. The fourth-order valence-electron chi connectivity index (χ4n) is 1.62. The molecular formula is C13H15NO3S. The van der Waals surface area contributed by atoms with Crippen molar-refractivity contribution in [3.05, 3.63) is 41.8 Å². The zero-order valence-electron chi connectivity index (χ0n) is 10.4. The predicted molar refractivity (Wildman–Crippen MR) is 70.4 cm³/mol. The van der Waals surface area contributed by atoms with Gasteiger partial charge in [-0.1, -0.05) is 18.2 Å². The van der Waals surface area contributed by atoms with Crippen molar-refractivity contribution >= 4 is 11.1 Å². The van der Waals surface area contributed by atoms with Gasteiger partial charge in [0.15, 0.2) is 11.1 Å². The van der Waals surface area contributed by atoms with Gasteiger partial charge in [0.25, 0.3) is 0 Å². The molecule has 5 heteroatoms. The summed E-state index contributed by atoms with van der Waals surface area (Å²) < 4.78 is 21.4. The monoisotopic (exact) mass is 265 g/mol. The van der Waals surface area contributed by atoms with E-state index in [9.17, 15) is 4.21 Å². The third-order valence-electron chi connectivity index (χ3n) is 2.50. The number of benzene rings is 1. The van der Waals surface area contributed by atoms with E-state index in [-0.39, 0.29) is 0 Å². The van der Waals surface area contributed by atoms with E-state index in [1.807, 2.05) is 37.3 Å². The molecule has 0 amide bonds. The molecule has 96 valence electrons. The van der Waals surface area contributed by atoms with E-state index in [0.29, 0.717) is 18.9 Å². The van der Waals surface area contributed by atoms with Gasteiger partial charge in [0.1, 0.15) is 5.76 Å². The lowest BCUT2D eigenvalue weighted by Crippen LogP contribution is -2.01. The lowest BCUT2D eigenvalue weighted by Gasteiger charge is -1.97. The molecule has 2 rings (SSSR count). The molecule has 0 bridgehead atoms. The number of nitrogens with zero attached hydrogens (tertiary/aromatic N) is 1. The Balaban J connectivity index is 2.10. The molecule has 1 unspecified atom stereocenters. The van der Waals surface area contributed by atoms with Crippen molar-refractivity contribution in [2.24, 2.45) is 0 Å². The zero-order valence-corrected chi connectivity index (χ0v) is 11.2. The predicted octanol–water partition coefficient (Wildman–Crippen LogP) is 2.50. The Hall–Kier alpha value is -1.46. The third-order valence-corrected chi connectivity index (χ3v) is 3.00. The van der Waals surface area contributed by atoms with Crippen molar-refractivity contribution in [3.8, 4) is 11.5 Å². The Kier molecular flexibility index (Phi) is 4.28. The fraction of sp³-hybridized carbons (Fsp3) is 0.308.